The summed E-state index contributed by atoms with van der Waals surface area (Å²) in [6, 6.07) is 1.62. The van der Waals surface area contributed by atoms with Crippen molar-refractivity contribution in [2.75, 3.05) is 20.0 Å². The Labute approximate surface area is 103 Å². The van der Waals surface area contributed by atoms with Crippen molar-refractivity contribution in [2.24, 2.45) is 0 Å². The second-order valence-corrected chi connectivity index (χ2v) is 4.32. The van der Waals surface area contributed by atoms with Crippen LogP contribution >= 0.6 is 11.3 Å². The highest BCUT2D eigenvalue weighted by Gasteiger charge is 2.19. The molecule has 1 heterocycles. The molecule has 86 valence electrons. The third-order valence-electron chi connectivity index (χ3n) is 2.30. The summed E-state index contributed by atoms with van der Waals surface area (Å²) in [4.78, 5) is 15.7. The highest BCUT2D eigenvalue weighted by atomic mass is 32.1. The molecule has 5 nitrogen and oxygen atoms in total. The van der Waals surface area contributed by atoms with E-state index in [1.807, 2.05) is 0 Å². The lowest BCUT2D eigenvalue weighted by molar-refractivity contribution is 0.0597. The van der Waals surface area contributed by atoms with Crippen LogP contribution in [0.5, 0.6) is 5.75 Å². The third-order valence-corrected chi connectivity index (χ3v) is 3.13. The fourth-order valence-electron chi connectivity index (χ4n) is 1.57. The average Bonchev–Trinajstić information content (AvgIpc) is 2.69. The molecule has 1 aromatic carbocycles. The van der Waals surface area contributed by atoms with Crippen molar-refractivity contribution in [1.29, 1.82) is 0 Å². The van der Waals surface area contributed by atoms with E-state index in [1.165, 1.54) is 25.6 Å². The van der Waals surface area contributed by atoms with E-state index in [0.29, 0.717) is 16.1 Å². The molecule has 0 aliphatic carbocycles. The first-order valence-corrected chi connectivity index (χ1v) is 5.51. The first-order chi connectivity index (χ1) is 8.08. The summed E-state index contributed by atoms with van der Waals surface area (Å²) in [6.07, 6.45) is 0. The Kier molecular flexibility index (Phi) is 2.93. The zero-order valence-electron chi connectivity index (χ0n) is 9.31. The highest BCUT2D eigenvalue weighted by molar-refractivity contribution is 7.22. The summed E-state index contributed by atoms with van der Waals surface area (Å²) in [5.74, 6) is -0.253. The van der Waals surface area contributed by atoms with E-state index in [-0.39, 0.29) is 11.3 Å². The zero-order valence-corrected chi connectivity index (χ0v) is 10.1. The molecule has 0 saturated carbocycles. The lowest BCUT2D eigenvalue weighted by Gasteiger charge is -2.10. The van der Waals surface area contributed by atoms with Gasteiger partial charge in [-0.3, -0.25) is 0 Å². The molecule has 0 bridgehead atoms. The van der Waals surface area contributed by atoms with Crippen molar-refractivity contribution in [1.82, 2.24) is 4.98 Å². The van der Waals surface area contributed by atoms with Gasteiger partial charge in [0.15, 0.2) is 5.13 Å². The molecule has 17 heavy (non-hydrogen) atoms. The molecule has 2 rings (SSSR count). The third kappa shape index (κ3) is 1.82. The maximum absolute atomic E-state index is 11.6. The van der Waals surface area contributed by atoms with E-state index < -0.39 is 5.97 Å². The number of rotatable bonds is 2. The van der Waals surface area contributed by atoms with Gasteiger partial charge < -0.3 is 15.2 Å². The summed E-state index contributed by atoms with van der Waals surface area (Å²) in [5.41, 5.74) is 6.70. The van der Waals surface area contributed by atoms with Crippen molar-refractivity contribution in [2.45, 2.75) is 0 Å². The molecule has 0 fully saturated rings. The van der Waals surface area contributed by atoms with E-state index in [4.69, 9.17) is 18.3 Å². The number of nitrogens with zero attached hydrogens (tertiary/aromatic N) is 1. The number of carbonyl (C=O) groups is 1. The van der Waals surface area contributed by atoms with Crippen LogP contribution in [0.2, 0.25) is 0 Å². The van der Waals surface area contributed by atoms with Gasteiger partial charge >= 0.3 is 5.97 Å². The molecule has 0 aliphatic rings. The molecule has 0 amide bonds. The van der Waals surface area contributed by atoms with Gasteiger partial charge in [0.05, 0.1) is 24.4 Å². The summed E-state index contributed by atoms with van der Waals surface area (Å²) < 4.78 is 10.5. The molecule has 0 saturated heterocycles. The summed E-state index contributed by atoms with van der Waals surface area (Å²) >= 11 is 1.25. The number of fused-ring (bicyclic) bond motifs is 1. The SMILES string of the molecule is [B]c1c(OC)c(C(=O)OC)cc2sc(N)nc12. The van der Waals surface area contributed by atoms with Crippen molar-refractivity contribution < 1.29 is 14.3 Å². The molecule has 0 unspecified atom stereocenters. The topological polar surface area (TPSA) is 74.4 Å². The number of carbonyl (C=O) groups excluding carboxylic acids is 1. The van der Waals surface area contributed by atoms with Crippen LogP contribution in [0.25, 0.3) is 10.2 Å². The monoisotopic (exact) mass is 248 g/mol. The largest absolute Gasteiger partial charge is 0.496 e. The van der Waals surface area contributed by atoms with Gasteiger partial charge in [0.1, 0.15) is 19.2 Å². The normalized spacial score (nSPS) is 10.5. The summed E-state index contributed by atoms with van der Waals surface area (Å²) in [6.45, 7) is 0. The number of hydrogen-bond acceptors (Lipinski definition) is 6. The maximum Gasteiger partial charge on any atom is 0.341 e. The fraction of sp³-hybridized carbons (Fsp3) is 0.200. The van der Waals surface area contributed by atoms with Gasteiger partial charge in [-0.2, -0.15) is 0 Å². The van der Waals surface area contributed by atoms with Crippen LogP contribution in [0.3, 0.4) is 0 Å². The number of thiazole rings is 1. The zero-order chi connectivity index (χ0) is 12.6. The van der Waals surface area contributed by atoms with Crippen molar-refractivity contribution in [3.05, 3.63) is 11.6 Å². The Hall–Kier alpha value is -1.76. The van der Waals surface area contributed by atoms with Crippen LogP contribution in [0.4, 0.5) is 5.13 Å². The highest BCUT2D eigenvalue weighted by Crippen LogP contribution is 2.28. The predicted octanol–water partition coefficient (Wildman–Crippen LogP) is 0.467. The first-order valence-electron chi connectivity index (χ1n) is 4.69. The van der Waals surface area contributed by atoms with Gasteiger partial charge in [0.25, 0.3) is 0 Å². The predicted molar refractivity (Wildman–Crippen MR) is 67.3 cm³/mol. The average molecular weight is 248 g/mol. The quantitative estimate of drug-likeness (QED) is 0.617. The van der Waals surface area contributed by atoms with Crippen LogP contribution in [-0.4, -0.2) is 33.0 Å². The lowest BCUT2D eigenvalue weighted by atomic mass is 9.91. The molecular formula is C10H9BN2O3S. The number of anilines is 1. The van der Waals surface area contributed by atoms with Gasteiger partial charge in [-0.25, -0.2) is 9.78 Å². The summed E-state index contributed by atoms with van der Waals surface area (Å²) in [7, 11) is 8.62. The van der Waals surface area contributed by atoms with Gasteiger partial charge in [-0.1, -0.05) is 11.3 Å². The maximum atomic E-state index is 11.6. The van der Waals surface area contributed by atoms with E-state index >= 15 is 0 Å². The molecule has 2 radical (unpaired) electrons. The Balaban J connectivity index is 2.78. The Bertz CT molecular complexity index is 597. The van der Waals surface area contributed by atoms with Crippen LogP contribution in [0, 0.1) is 0 Å². The van der Waals surface area contributed by atoms with Crippen LogP contribution in [0.1, 0.15) is 10.4 Å². The minimum absolute atomic E-state index is 0.259. The Morgan fingerprint density at radius 1 is 1.53 bits per heavy atom. The minimum Gasteiger partial charge on any atom is -0.496 e. The van der Waals surface area contributed by atoms with Gasteiger partial charge in [-0.15, -0.1) is 0 Å². The number of benzene rings is 1. The molecule has 2 aromatic rings. The minimum atomic E-state index is -0.512. The van der Waals surface area contributed by atoms with E-state index in [9.17, 15) is 4.79 Å². The molecule has 0 atom stereocenters. The van der Waals surface area contributed by atoms with E-state index in [0.717, 1.165) is 4.70 Å². The van der Waals surface area contributed by atoms with Gasteiger partial charge in [-0.05, 0) is 11.5 Å². The second kappa shape index (κ2) is 4.25. The molecular weight excluding hydrogens is 239 g/mol. The Morgan fingerprint density at radius 2 is 2.24 bits per heavy atom. The van der Waals surface area contributed by atoms with Crippen molar-refractivity contribution in [3.8, 4) is 5.75 Å². The second-order valence-electron chi connectivity index (χ2n) is 3.26. The van der Waals surface area contributed by atoms with Crippen LogP contribution in [-0.2, 0) is 4.74 Å². The van der Waals surface area contributed by atoms with Crippen molar-refractivity contribution >= 4 is 46.0 Å². The molecule has 7 heteroatoms. The van der Waals surface area contributed by atoms with Crippen LogP contribution in [0.15, 0.2) is 6.07 Å². The smallest absolute Gasteiger partial charge is 0.341 e. The summed E-state index contributed by atoms with van der Waals surface area (Å²) in [5, 5.41) is 0.385. The number of nitrogen functional groups attached to an aromatic ring is 1. The van der Waals surface area contributed by atoms with Gasteiger partial charge in [0, 0.05) is 0 Å². The number of nitrogens with two attached hydrogens (primary N) is 1. The van der Waals surface area contributed by atoms with E-state index in [2.05, 4.69) is 9.72 Å². The number of esters is 1. The van der Waals surface area contributed by atoms with E-state index in [1.54, 1.807) is 6.07 Å². The van der Waals surface area contributed by atoms with Crippen molar-refractivity contribution in [3.63, 3.8) is 0 Å². The lowest BCUT2D eigenvalue weighted by Crippen LogP contribution is -2.15. The number of methoxy groups -OCH3 is 2. The fourth-order valence-corrected chi connectivity index (χ4v) is 2.36. The molecule has 2 N–H and O–H groups in total. The number of ether oxygens (including phenoxy) is 2. The number of aromatic nitrogens is 1. The van der Waals surface area contributed by atoms with Crippen LogP contribution < -0.4 is 15.9 Å². The molecule has 0 spiro atoms. The standard InChI is InChI=1S/C10H9BN2O3S/c1-15-8-4(9(14)16-2)3-5-7(6(8)11)13-10(12)17-5/h3H,1-2H3,(H2,12,13). The molecule has 1 aromatic heterocycles. The first kappa shape index (κ1) is 11.7. The van der Waals surface area contributed by atoms with Gasteiger partial charge in [0.2, 0.25) is 0 Å². The molecule has 0 aliphatic heterocycles. The Morgan fingerprint density at radius 3 is 2.82 bits per heavy atom. The number of hydrogen-bond donors (Lipinski definition) is 1.